The molecule has 186 valence electrons. The van der Waals surface area contributed by atoms with Gasteiger partial charge in [-0.15, -0.1) is 0 Å². The van der Waals surface area contributed by atoms with Crippen LogP contribution in [0.15, 0.2) is 152 Å². The van der Waals surface area contributed by atoms with E-state index >= 15 is 0 Å². The first-order chi connectivity index (χ1) is 19.3. The number of anilines is 2. The Hall–Kier alpha value is -5.08. The topological polar surface area (TPSA) is 8.17 Å². The first-order valence-electron chi connectivity index (χ1n) is 13.4. The minimum Gasteiger partial charge on any atom is -0.344 e. The molecular weight excluding hydrogens is 472 g/mol. The summed E-state index contributed by atoms with van der Waals surface area (Å²) in [5, 5.41) is 2.55. The van der Waals surface area contributed by atoms with Crippen LogP contribution in [0.5, 0.6) is 0 Å². The molecule has 0 unspecified atom stereocenters. The monoisotopic (exact) mass is 500 g/mol. The van der Waals surface area contributed by atoms with E-state index in [-0.39, 0.29) is 0 Å². The molecule has 0 saturated heterocycles. The molecule has 0 aliphatic rings. The number of hydrogen-bond acceptors (Lipinski definition) is 1. The quantitative estimate of drug-likeness (QED) is 0.228. The van der Waals surface area contributed by atoms with Gasteiger partial charge in [0.05, 0.1) is 11.0 Å². The molecular formula is C37H28N2. The van der Waals surface area contributed by atoms with Crippen LogP contribution < -0.4 is 4.90 Å². The van der Waals surface area contributed by atoms with E-state index in [1.165, 1.54) is 61.1 Å². The maximum atomic E-state index is 2.37. The van der Waals surface area contributed by atoms with Gasteiger partial charge in [0.25, 0.3) is 0 Å². The number of nitrogens with zero attached hydrogens (tertiary/aromatic N) is 2. The largest absolute Gasteiger partial charge is 0.344 e. The molecule has 0 fully saturated rings. The van der Waals surface area contributed by atoms with Crippen molar-refractivity contribution in [3.05, 3.63) is 152 Å². The van der Waals surface area contributed by atoms with Crippen LogP contribution in [0, 0.1) is 0 Å². The Balaban J connectivity index is 1.30. The van der Waals surface area contributed by atoms with Gasteiger partial charge in [-0.25, -0.2) is 0 Å². The molecule has 1 heterocycles. The van der Waals surface area contributed by atoms with Gasteiger partial charge in [-0.05, 0) is 59.2 Å². The number of benzene rings is 6. The summed E-state index contributed by atoms with van der Waals surface area (Å²) in [6.07, 6.45) is 0. The van der Waals surface area contributed by atoms with Crippen molar-refractivity contribution < 1.29 is 0 Å². The minimum absolute atomic E-state index is 1.17. The van der Waals surface area contributed by atoms with E-state index in [9.17, 15) is 0 Å². The summed E-state index contributed by atoms with van der Waals surface area (Å²) in [4.78, 5) is 2.25. The molecule has 39 heavy (non-hydrogen) atoms. The van der Waals surface area contributed by atoms with Crippen LogP contribution >= 0.6 is 0 Å². The van der Waals surface area contributed by atoms with E-state index in [1.54, 1.807) is 0 Å². The SMILES string of the molecule is CN(c1ccccc1)c1ccccc1-c1ccc(-c2ccc3c4ccccc4n(-c4ccccc4)c3c2)cc1. The summed E-state index contributed by atoms with van der Waals surface area (Å²) in [6, 6.07) is 54.2. The molecule has 0 aliphatic heterocycles. The first-order valence-corrected chi connectivity index (χ1v) is 13.4. The second kappa shape index (κ2) is 9.66. The third kappa shape index (κ3) is 4.07. The molecule has 0 saturated carbocycles. The first kappa shape index (κ1) is 23.1. The molecule has 0 radical (unpaired) electrons. The molecule has 6 aromatic carbocycles. The molecule has 0 N–H and O–H groups in total. The highest BCUT2D eigenvalue weighted by Crippen LogP contribution is 2.37. The Bertz CT molecular complexity index is 1900. The molecule has 2 nitrogen and oxygen atoms in total. The van der Waals surface area contributed by atoms with Crippen molar-refractivity contribution in [1.29, 1.82) is 0 Å². The van der Waals surface area contributed by atoms with E-state index in [0.29, 0.717) is 0 Å². The van der Waals surface area contributed by atoms with Gasteiger partial charge >= 0.3 is 0 Å². The van der Waals surface area contributed by atoms with Gasteiger partial charge in [-0.1, -0.05) is 109 Å². The van der Waals surface area contributed by atoms with Crippen molar-refractivity contribution in [2.45, 2.75) is 0 Å². The number of para-hydroxylation sites is 4. The Morgan fingerprint density at radius 1 is 0.462 bits per heavy atom. The van der Waals surface area contributed by atoms with Gasteiger partial charge in [0.1, 0.15) is 0 Å². The van der Waals surface area contributed by atoms with Crippen LogP contribution in [0.2, 0.25) is 0 Å². The Morgan fingerprint density at radius 3 is 1.85 bits per heavy atom. The van der Waals surface area contributed by atoms with Crippen LogP contribution in [0.1, 0.15) is 0 Å². The lowest BCUT2D eigenvalue weighted by Crippen LogP contribution is -2.10. The van der Waals surface area contributed by atoms with Crippen LogP contribution in [0.3, 0.4) is 0 Å². The fourth-order valence-corrected chi connectivity index (χ4v) is 5.65. The molecule has 1 aromatic heterocycles. The van der Waals surface area contributed by atoms with Gasteiger partial charge < -0.3 is 9.47 Å². The zero-order valence-electron chi connectivity index (χ0n) is 21.8. The summed E-state index contributed by atoms with van der Waals surface area (Å²) in [5.74, 6) is 0. The van der Waals surface area contributed by atoms with Gasteiger partial charge in [0.2, 0.25) is 0 Å². The average molecular weight is 501 g/mol. The minimum atomic E-state index is 1.17. The van der Waals surface area contributed by atoms with Crippen molar-refractivity contribution in [1.82, 2.24) is 4.57 Å². The highest BCUT2D eigenvalue weighted by Gasteiger charge is 2.14. The fourth-order valence-electron chi connectivity index (χ4n) is 5.65. The molecule has 7 aromatic rings. The highest BCUT2D eigenvalue weighted by atomic mass is 15.1. The van der Waals surface area contributed by atoms with Crippen molar-refractivity contribution >= 4 is 33.2 Å². The Labute approximate surface area is 229 Å². The van der Waals surface area contributed by atoms with Crippen LogP contribution in [0.25, 0.3) is 49.7 Å². The van der Waals surface area contributed by atoms with Crippen molar-refractivity contribution in [3.8, 4) is 27.9 Å². The van der Waals surface area contributed by atoms with Crippen LogP contribution in [0.4, 0.5) is 11.4 Å². The third-order valence-electron chi connectivity index (χ3n) is 7.63. The van der Waals surface area contributed by atoms with Crippen molar-refractivity contribution in [2.24, 2.45) is 0 Å². The van der Waals surface area contributed by atoms with Gasteiger partial charge in [-0.3, -0.25) is 0 Å². The van der Waals surface area contributed by atoms with E-state index in [0.717, 1.165) is 0 Å². The van der Waals surface area contributed by atoms with E-state index in [1.807, 2.05) is 0 Å². The van der Waals surface area contributed by atoms with Crippen LogP contribution in [-0.4, -0.2) is 11.6 Å². The summed E-state index contributed by atoms with van der Waals surface area (Å²) >= 11 is 0. The number of aromatic nitrogens is 1. The van der Waals surface area contributed by atoms with Gasteiger partial charge in [0.15, 0.2) is 0 Å². The fraction of sp³-hybridized carbons (Fsp3) is 0.0270. The third-order valence-corrected chi connectivity index (χ3v) is 7.63. The maximum absolute atomic E-state index is 2.37. The van der Waals surface area contributed by atoms with E-state index < -0.39 is 0 Å². The van der Waals surface area contributed by atoms with Crippen molar-refractivity contribution in [2.75, 3.05) is 11.9 Å². The lowest BCUT2D eigenvalue weighted by atomic mass is 9.98. The molecule has 0 spiro atoms. The maximum Gasteiger partial charge on any atom is 0.0547 e. The molecule has 0 amide bonds. The van der Waals surface area contributed by atoms with Gasteiger partial charge in [0, 0.05) is 40.4 Å². The van der Waals surface area contributed by atoms with E-state index in [2.05, 4.69) is 168 Å². The number of rotatable bonds is 5. The molecule has 7 rings (SSSR count). The lowest BCUT2D eigenvalue weighted by molar-refractivity contribution is 1.18. The van der Waals surface area contributed by atoms with Crippen molar-refractivity contribution in [3.63, 3.8) is 0 Å². The predicted molar refractivity (Wildman–Crippen MR) is 166 cm³/mol. The second-order valence-corrected chi connectivity index (χ2v) is 9.91. The highest BCUT2D eigenvalue weighted by molar-refractivity contribution is 6.10. The van der Waals surface area contributed by atoms with Gasteiger partial charge in [-0.2, -0.15) is 0 Å². The molecule has 2 heteroatoms. The summed E-state index contributed by atoms with van der Waals surface area (Å²) in [7, 11) is 2.13. The van der Waals surface area contributed by atoms with Crippen LogP contribution in [-0.2, 0) is 0 Å². The number of hydrogen-bond donors (Lipinski definition) is 0. The Kier molecular flexibility index (Phi) is 5.71. The summed E-state index contributed by atoms with van der Waals surface area (Å²) in [6.45, 7) is 0. The Morgan fingerprint density at radius 2 is 1.05 bits per heavy atom. The smallest absolute Gasteiger partial charge is 0.0547 e. The summed E-state index contributed by atoms with van der Waals surface area (Å²) in [5.41, 5.74) is 10.8. The molecule has 0 atom stereocenters. The zero-order chi connectivity index (χ0) is 26.2. The zero-order valence-corrected chi connectivity index (χ0v) is 21.8. The molecule has 0 bridgehead atoms. The predicted octanol–water partition coefficient (Wildman–Crippen LogP) is 9.89. The lowest BCUT2D eigenvalue weighted by Gasteiger charge is -2.23. The van der Waals surface area contributed by atoms with E-state index in [4.69, 9.17) is 0 Å². The second-order valence-electron chi connectivity index (χ2n) is 9.91. The average Bonchev–Trinajstić information content (AvgIpc) is 3.35. The standard InChI is InChI=1S/C37H28N2/c1-38(30-12-4-2-5-13-30)35-18-10-8-16-32(35)28-22-20-27(21-23-28)29-24-25-34-33-17-9-11-19-36(33)39(37(34)26-29)31-14-6-3-7-15-31/h2-26H,1H3. The number of fused-ring (bicyclic) bond motifs is 3. The summed E-state index contributed by atoms with van der Waals surface area (Å²) < 4.78 is 2.37. The molecule has 0 aliphatic carbocycles. The normalized spacial score (nSPS) is 11.2.